The molecule has 158 valence electrons. The van der Waals surface area contributed by atoms with Gasteiger partial charge in [-0.15, -0.1) is 0 Å². The first kappa shape index (κ1) is 20.6. The molecule has 0 spiro atoms. The topological polar surface area (TPSA) is 101 Å². The van der Waals surface area contributed by atoms with Gasteiger partial charge in [-0.3, -0.25) is 9.59 Å². The number of nitrogens with two attached hydrogens (primary N) is 1. The van der Waals surface area contributed by atoms with Crippen LogP contribution in [-0.2, 0) is 19.6 Å². The Labute approximate surface area is 176 Å². The van der Waals surface area contributed by atoms with Gasteiger partial charge in [0, 0.05) is 19.4 Å². The van der Waals surface area contributed by atoms with Crippen LogP contribution in [0.5, 0.6) is 0 Å². The van der Waals surface area contributed by atoms with Crippen LogP contribution in [0.4, 0.5) is 11.4 Å². The van der Waals surface area contributed by atoms with Crippen LogP contribution in [0.25, 0.3) is 11.1 Å². The minimum atomic E-state index is -3.76. The minimum Gasteiger partial charge on any atom is -0.308 e. The lowest BCUT2D eigenvalue weighted by atomic mass is 9.84. The van der Waals surface area contributed by atoms with Crippen LogP contribution < -0.4 is 14.9 Å². The quantitative estimate of drug-likeness (QED) is 0.814. The van der Waals surface area contributed by atoms with Gasteiger partial charge in [0.1, 0.15) is 0 Å². The highest BCUT2D eigenvalue weighted by Crippen LogP contribution is 2.41. The average molecular weight is 428 g/mol. The SMILES string of the molecule is CC(=O)N1c2ccc(-c3ccc(S(N)(=O)=O)cc3)cc2N(C(=O)C2CCC2)C[C@@H]1C. The van der Waals surface area contributed by atoms with Crippen molar-refractivity contribution in [2.75, 3.05) is 16.3 Å². The lowest BCUT2D eigenvalue weighted by Crippen LogP contribution is -2.53. The number of benzene rings is 2. The van der Waals surface area contributed by atoms with E-state index in [9.17, 15) is 18.0 Å². The first-order valence-corrected chi connectivity index (χ1v) is 11.6. The highest BCUT2D eigenvalue weighted by atomic mass is 32.2. The molecule has 7 nitrogen and oxygen atoms in total. The molecule has 1 atom stereocenters. The second-order valence-electron chi connectivity index (χ2n) is 8.09. The van der Waals surface area contributed by atoms with Gasteiger partial charge in [-0.2, -0.15) is 0 Å². The van der Waals surface area contributed by atoms with E-state index in [1.165, 1.54) is 19.1 Å². The summed E-state index contributed by atoms with van der Waals surface area (Å²) in [5.74, 6) is 0.0932. The van der Waals surface area contributed by atoms with E-state index in [4.69, 9.17) is 5.14 Å². The molecule has 0 bridgehead atoms. The van der Waals surface area contributed by atoms with Gasteiger partial charge in [0.2, 0.25) is 21.8 Å². The fraction of sp³-hybridized carbons (Fsp3) is 0.364. The Morgan fingerprint density at radius 2 is 1.63 bits per heavy atom. The van der Waals surface area contributed by atoms with Gasteiger partial charge in [-0.05, 0) is 55.2 Å². The Balaban J connectivity index is 1.78. The predicted molar refractivity (Wildman–Crippen MR) is 116 cm³/mol. The van der Waals surface area contributed by atoms with Crippen molar-refractivity contribution < 1.29 is 18.0 Å². The molecule has 2 N–H and O–H groups in total. The summed E-state index contributed by atoms with van der Waals surface area (Å²) in [6.07, 6.45) is 2.89. The maximum absolute atomic E-state index is 13.1. The zero-order valence-corrected chi connectivity index (χ0v) is 17.9. The van der Waals surface area contributed by atoms with E-state index in [-0.39, 0.29) is 28.7 Å². The number of sulfonamides is 1. The van der Waals surface area contributed by atoms with Crippen molar-refractivity contribution in [3.8, 4) is 11.1 Å². The lowest BCUT2D eigenvalue weighted by Gasteiger charge is -2.43. The third-order valence-corrected chi connectivity index (χ3v) is 6.92. The summed E-state index contributed by atoms with van der Waals surface area (Å²) in [6, 6.07) is 11.8. The molecule has 0 saturated heterocycles. The van der Waals surface area contributed by atoms with Crippen molar-refractivity contribution in [3.63, 3.8) is 0 Å². The molecule has 1 saturated carbocycles. The normalized spacial score (nSPS) is 19.2. The highest BCUT2D eigenvalue weighted by molar-refractivity contribution is 7.89. The third-order valence-electron chi connectivity index (χ3n) is 5.99. The summed E-state index contributed by atoms with van der Waals surface area (Å²) in [6.45, 7) is 3.94. The number of fused-ring (bicyclic) bond motifs is 1. The van der Waals surface area contributed by atoms with Crippen LogP contribution in [0.1, 0.15) is 33.1 Å². The fourth-order valence-electron chi connectivity index (χ4n) is 4.21. The summed E-state index contributed by atoms with van der Waals surface area (Å²) < 4.78 is 23.0. The Morgan fingerprint density at radius 3 is 2.17 bits per heavy atom. The molecule has 2 aromatic rings. The molecule has 4 rings (SSSR count). The number of hydrogen-bond donors (Lipinski definition) is 1. The predicted octanol–water partition coefficient (Wildman–Crippen LogP) is 2.89. The maximum Gasteiger partial charge on any atom is 0.238 e. The van der Waals surface area contributed by atoms with Gasteiger partial charge in [-0.1, -0.05) is 24.6 Å². The molecule has 1 fully saturated rings. The van der Waals surface area contributed by atoms with Crippen LogP contribution in [0.3, 0.4) is 0 Å². The van der Waals surface area contributed by atoms with Crippen LogP contribution >= 0.6 is 0 Å². The van der Waals surface area contributed by atoms with Gasteiger partial charge in [0.05, 0.1) is 22.3 Å². The van der Waals surface area contributed by atoms with Crippen LogP contribution in [0.15, 0.2) is 47.4 Å². The van der Waals surface area contributed by atoms with Crippen molar-refractivity contribution >= 4 is 33.2 Å². The summed E-state index contributed by atoms with van der Waals surface area (Å²) in [4.78, 5) is 29.0. The summed E-state index contributed by atoms with van der Waals surface area (Å²) in [5, 5.41) is 5.18. The highest BCUT2D eigenvalue weighted by Gasteiger charge is 2.37. The molecule has 1 aliphatic heterocycles. The van der Waals surface area contributed by atoms with Crippen molar-refractivity contribution in [1.82, 2.24) is 0 Å². The molecule has 1 heterocycles. The van der Waals surface area contributed by atoms with E-state index in [1.54, 1.807) is 17.0 Å². The molecule has 2 amide bonds. The number of amides is 2. The van der Waals surface area contributed by atoms with E-state index >= 15 is 0 Å². The van der Waals surface area contributed by atoms with Gasteiger partial charge in [-0.25, -0.2) is 13.6 Å². The summed E-state index contributed by atoms with van der Waals surface area (Å²) in [7, 11) is -3.76. The molecular weight excluding hydrogens is 402 g/mol. The Kier molecular flexibility index (Phi) is 5.15. The first-order valence-electron chi connectivity index (χ1n) is 10.1. The van der Waals surface area contributed by atoms with E-state index in [1.807, 2.05) is 30.0 Å². The van der Waals surface area contributed by atoms with Gasteiger partial charge in [0.25, 0.3) is 0 Å². The summed E-state index contributed by atoms with van der Waals surface area (Å²) in [5.41, 5.74) is 3.07. The molecule has 0 unspecified atom stereocenters. The minimum absolute atomic E-state index is 0.0441. The molecule has 0 radical (unpaired) electrons. The number of nitrogens with zero attached hydrogens (tertiary/aromatic N) is 2. The standard InChI is InChI=1S/C22H25N3O4S/c1-14-13-24(22(27)17-4-3-5-17)21-12-18(8-11-20(21)25(14)15(2)26)16-6-9-19(10-7-16)30(23,28)29/h6-12,14,17H,3-5,13H2,1-2H3,(H2,23,28,29)/t14-/m0/s1. The zero-order chi connectivity index (χ0) is 21.6. The number of primary sulfonamides is 1. The average Bonchev–Trinajstić information content (AvgIpc) is 2.64. The monoisotopic (exact) mass is 427 g/mol. The first-order chi connectivity index (χ1) is 14.2. The fourth-order valence-corrected chi connectivity index (χ4v) is 4.72. The van der Waals surface area contributed by atoms with Crippen molar-refractivity contribution in [2.24, 2.45) is 11.1 Å². The zero-order valence-electron chi connectivity index (χ0n) is 17.0. The second kappa shape index (κ2) is 7.52. The molecule has 0 aromatic heterocycles. The molecule has 2 aromatic carbocycles. The van der Waals surface area contributed by atoms with E-state index in [0.717, 1.165) is 36.1 Å². The number of rotatable bonds is 3. The number of anilines is 2. The van der Waals surface area contributed by atoms with Gasteiger partial charge in [0.15, 0.2) is 0 Å². The Morgan fingerprint density at radius 1 is 1.00 bits per heavy atom. The number of hydrogen-bond acceptors (Lipinski definition) is 4. The molecule has 2 aliphatic rings. The van der Waals surface area contributed by atoms with E-state index in [0.29, 0.717) is 12.2 Å². The van der Waals surface area contributed by atoms with Crippen molar-refractivity contribution in [2.45, 2.75) is 44.0 Å². The van der Waals surface area contributed by atoms with E-state index in [2.05, 4.69) is 0 Å². The number of carbonyl (C=O) groups excluding carboxylic acids is 2. The molecule has 8 heteroatoms. The van der Waals surface area contributed by atoms with E-state index < -0.39 is 10.0 Å². The third kappa shape index (κ3) is 3.61. The van der Waals surface area contributed by atoms with Crippen LogP contribution in [-0.4, -0.2) is 32.8 Å². The van der Waals surface area contributed by atoms with Crippen molar-refractivity contribution in [1.29, 1.82) is 0 Å². The Bertz CT molecular complexity index is 1110. The van der Waals surface area contributed by atoms with Crippen molar-refractivity contribution in [3.05, 3.63) is 42.5 Å². The largest absolute Gasteiger partial charge is 0.308 e. The molecule has 1 aliphatic carbocycles. The second-order valence-corrected chi connectivity index (χ2v) is 9.65. The smallest absolute Gasteiger partial charge is 0.238 e. The number of carbonyl (C=O) groups is 2. The summed E-state index contributed by atoms with van der Waals surface area (Å²) >= 11 is 0. The molecule has 30 heavy (non-hydrogen) atoms. The Hall–Kier alpha value is -2.71. The van der Waals surface area contributed by atoms with Gasteiger partial charge < -0.3 is 9.80 Å². The van der Waals surface area contributed by atoms with Crippen LogP contribution in [0.2, 0.25) is 0 Å². The maximum atomic E-state index is 13.1. The lowest BCUT2D eigenvalue weighted by molar-refractivity contribution is -0.125. The van der Waals surface area contributed by atoms with Crippen LogP contribution in [0, 0.1) is 5.92 Å². The molecular formula is C22H25N3O4S. The van der Waals surface area contributed by atoms with Gasteiger partial charge >= 0.3 is 0 Å².